The molecule has 1 unspecified atom stereocenters. The molecule has 5 heteroatoms. The topological polar surface area (TPSA) is 29.9 Å². The molecule has 1 atom stereocenters. The molecule has 1 N–H and O–H groups in total. The van der Waals surface area contributed by atoms with Crippen molar-refractivity contribution in [2.75, 3.05) is 12.3 Å². The Morgan fingerprint density at radius 1 is 1.47 bits per heavy atom. The van der Waals surface area contributed by atoms with E-state index in [1.807, 2.05) is 35.8 Å². The van der Waals surface area contributed by atoms with Crippen LogP contribution in [0.5, 0.6) is 0 Å². The normalized spacial score (nSPS) is 12.6. The van der Waals surface area contributed by atoms with Crippen molar-refractivity contribution >= 4 is 27.7 Å². The van der Waals surface area contributed by atoms with Crippen LogP contribution in [0.25, 0.3) is 0 Å². The highest BCUT2D eigenvalue weighted by molar-refractivity contribution is 9.10. The van der Waals surface area contributed by atoms with Crippen LogP contribution >= 0.6 is 27.7 Å². The molecule has 0 radical (unpaired) electrons. The highest BCUT2D eigenvalue weighted by atomic mass is 79.9. The molecule has 0 amide bonds. The van der Waals surface area contributed by atoms with E-state index in [2.05, 4.69) is 57.7 Å². The Kier molecular flexibility index (Phi) is 5.48. The summed E-state index contributed by atoms with van der Waals surface area (Å²) in [6.07, 6.45) is 4.02. The van der Waals surface area contributed by atoms with E-state index in [9.17, 15) is 0 Å². The molecule has 0 saturated carbocycles. The number of nitrogens with one attached hydrogen (secondary N) is 1. The van der Waals surface area contributed by atoms with Crippen LogP contribution in [-0.4, -0.2) is 22.1 Å². The summed E-state index contributed by atoms with van der Waals surface area (Å²) in [5.74, 6) is 0.996. The Balaban J connectivity index is 2.01. The van der Waals surface area contributed by atoms with Crippen molar-refractivity contribution < 1.29 is 0 Å². The van der Waals surface area contributed by atoms with Crippen molar-refractivity contribution in [3.63, 3.8) is 0 Å². The van der Waals surface area contributed by atoms with Gasteiger partial charge < -0.3 is 5.32 Å². The molecule has 0 bridgehead atoms. The van der Waals surface area contributed by atoms with Crippen LogP contribution in [-0.2, 0) is 7.05 Å². The SMILES string of the molecule is CCNC(CSc1cccc(Br)c1)c1cnn(C)c1. The molecule has 0 aliphatic heterocycles. The van der Waals surface area contributed by atoms with Crippen molar-refractivity contribution in [1.29, 1.82) is 0 Å². The lowest BCUT2D eigenvalue weighted by Crippen LogP contribution is -2.22. The fourth-order valence-corrected chi connectivity index (χ4v) is 3.48. The third-order valence-electron chi connectivity index (χ3n) is 2.79. The predicted molar refractivity (Wildman–Crippen MR) is 84.5 cm³/mol. The fraction of sp³-hybridized carbons (Fsp3) is 0.357. The van der Waals surface area contributed by atoms with Crippen LogP contribution in [0.15, 0.2) is 46.0 Å². The van der Waals surface area contributed by atoms with Gasteiger partial charge in [0.05, 0.1) is 6.20 Å². The maximum absolute atomic E-state index is 4.25. The largest absolute Gasteiger partial charge is 0.309 e. The van der Waals surface area contributed by atoms with Crippen LogP contribution in [0, 0.1) is 0 Å². The first-order valence-electron chi connectivity index (χ1n) is 6.29. The second kappa shape index (κ2) is 7.12. The van der Waals surface area contributed by atoms with Gasteiger partial charge in [-0.25, -0.2) is 0 Å². The van der Waals surface area contributed by atoms with E-state index in [1.165, 1.54) is 10.5 Å². The van der Waals surface area contributed by atoms with Gasteiger partial charge >= 0.3 is 0 Å². The molecule has 19 heavy (non-hydrogen) atoms. The number of aryl methyl sites for hydroxylation is 1. The van der Waals surface area contributed by atoms with E-state index in [-0.39, 0.29) is 0 Å². The quantitative estimate of drug-likeness (QED) is 0.815. The molecule has 0 spiro atoms. The minimum Gasteiger partial charge on any atom is -0.309 e. The summed E-state index contributed by atoms with van der Waals surface area (Å²) < 4.78 is 2.97. The summed E-state index contributed by atoms with van der Waals surface area (Å²) >= 11 is 5.36. The van der Waals surface area contributed by atoms with Gasteiger partial charge in [0.25, 0.3) is 0 Å². The molecular formula is C14H18BrN3S. The summed E-state index contributed by atoms with van der Waals surface area (Å²) in [6, 6.07) is 8.74. The fourth-order valence-electron chi connectivity index (χ4n) is 1.88. The Morgan fingerprint density at radius 3 is 2.95 bits per heavy atom. The van der Waals surface area contributed by atoms with Gasteiger partial charge in [0.2, 0.25) is 0 Å². The number of thioether (sulfide) groups is 1. The van der Waals surface area contributed by atoms with Gasteiger partial charge in [0.15, 0.2) is 0 Å². The van der Waals surface area contributed by atoms with E-state index in [4.69, 9.17) is 0 Å². The third-order valence-corrected chi connectivity index (χ3v) is 4.37. The van der Waals surface area contributed by atoms with Crippen LogP contribution in [0.2, 0.25) is 0 Å². The lowest BCUT2D eigenvalue weighted by molar-refractivity contribution is 0.605. The number of nitrogens with zero attached hydrogens (tertiary/aromatic N) is 2. The molecule has 102 valence electrons. The third kappa shape index (κ3) is 4.37. The zero-order valence-electron chi connectivity index (χ0n) is 11.1. The molecule has 0 fully saturated rings. The molecule has 1 aromatic heterocycles. The first-order valence-corrected chi connectivity index (χ1v) is 8.07. The van der Waals surface area contributed by atoms with E-state index in [0.717, 1.165) is 16.8 Å². The first kappa shape index (κ1) is 14.6. The number of aromatic nitrogens is 2. The summed E-state index contributed by atoms with van der Waals surface area (Å²) in [4.78, 5) is 1.28. The maximum Gasteiger partial charge on any atom is 0.0537 e. The Morgan fingerprint density at radius 2 is 2.32 bits per heavy atom. The van der Waals surface area contributed by atoms with Gasteiger partial charge in [0.1, 0.15) is 0 Å². The minimum absolute atomic E-state index is 0.336. The number of hydrogen-bond donors (Lipinski definition) is 1. The summed E-state index contributed by atoms with van der Waals surface area (Å²) in [6.45, 7) is 3.09. The van der Waals surface area contributed by atoms with Gasteiger partial charge in [-0.3, -0.25) is 4.68 Å². The molecule has 0 saturated heterocycles. The molecule has 0 aliphatic carbocycles. The van der Waals surface area contributed by atoms with Gasteiger partial charge in [-0.15, -0.1) is 11.8 Å². The standard InChI is InChI=1S/C14H18BrN3S/c1-3-16-14(11-8-17-18(2)9-11)10-19-13-6-4-5-12(15)7-13/h4-9,14,16H,3,10H2,1-2H3. The molecule has 1 aromatic carbocycles. The second-order valence-corrected chi connectivity index (χ2v) is 6.34. The molecule has 0 aliphatic rings. The lowest BCUT2D eigenvalue weighted by atomic mass is 10.2. The zero-order chi connectivity index (χ0) is 13.7. The molecule has 2 aromatic rings. The van der Waals surface area contributed by atoms with Crippen molar-refractivity contribution in [2.24, 2.45) is 7.05 Å². The van der Waals surface area contributed by atoms with E-state index in [0.29, 0.717) is 6.04 Å². The number of benzene rings is 1. The summed E-state index contributed by atoms with van der Waals surface area (Å²) in [7, 11) is 1.95. The van der Waals surface area contributed by atoms with Crippen molar-refractivity contribution in [1.82, 2.24) is 15.1 Å². The van der Waals surface area contributed by atoms with Crippen molar-refractivity contribution in [3.05, 3.63) is 46.7 Å². The minimum atomic E-state index is 0.336. The van der Waals surface area contributed by atoms with Crippen molar-refractivity contribution in [2.45, 2.75) is 17.9 Å². The highest BCUT2D eigenvalue weighted by Gasteiger charge is 2.12. The lowest BCUT2D eigenvalue weighted by Gasteiger charge is -2.16. The predicted octanol–water partition coefficient (Wildman–Crippen LogP) is 3.63. The van der Waals surface area contributed by atoms with Gasteiger partial charge in [-0.05, 0) is 24.7 Å². The van der Waals surface area contributed by atoms with Crippen LogP contribution in [0.3, 0.4) is 0 Å². The van der Waals surface area contributed by atoms with E-state index in [1.54, 1.807) is 0 Å². The van der Waals surface area contributed by atoms with Gasteiger partial charge in [0, 0.05) is 40.0 Å². The Hall–Kier alpha value is -0.780. The van der Waals surface area contributed by atoms with E-state index < -0.39 is 0 Å². The number of halogens is 1. The van der Waals surface area contributed by atoms with Crippen LogP contribution < -0.4 is 5.32 Å². The van der Waals surface area contributed by atoms with Crippen LogP contribution in [0.4, 0.5) is 0 Å². The molecule has 2 rings (SSSR count). The Bertz CT molecular complexity index is 527. The molecular weight excluding hydrogens is 322 g/mol. The second-order valence-electron chi connectivity index (χ2n) is 4.33. The van der Waals surface area contributed by atoms with Gasteiger partial charge in [-0.1, -0.05) is 28.9 Å². The Labute approximate surface area is 126 Å². The van der Waals surface area contributed by atoms with Gasteiger partial charge in [-0.2, -0.15) is 5.10 Å². The zero-order valence-corrected chi connectivity index (χ0v) is 13.5. The maximum atomic E-state index is 4.25. The molecule has 1 heterocycles. The number of rotatable bonds is 6. The monoisotopic (exact) mass is 339 g/mol. The first-order chi connectivity index (χ1) is 9.19. The highest BCUT2D eigenvalue weighted by Crippen LogP contribution is 2.26. The van der Waals surface area contributed by atoms with Crippen LogP contribution in [0.1, 0.15) is 18.5 Å². The van der Waals surface area contributed by atoms with Crippen molar-refractivity contribution in [3.8, 4) is 0 Å². The van der Waals surface area contributed by atoms with E-state index >= 15 is 0 Å². The summed E-state index contributed by atoms with van der Waals surface area (Å²) in [5.41, 5.74) is 1.24. The average Bonchev–Trinajstić information content (AvgIpc) is 2.81. The molecule has 3 nitrogen and oxygen atoms in total. The number of hydrogen-bond acceptors (Lipinski definition) is 3. The summed E-state index contributed by atoms with van der Waals surface area (Å²) in [5, 5.41) is 7.76. The smallest absolute Gasteiger partial charge is 0.0537 e. The average molecular weight is 340 g/mol.